The van der Waals surface area contributed by atoms with Crippen molar-refractivity contribution in [3.05, 3.63) is 124 Å². The molecule has 4 heteroatoms. The molecule has 0 radical (unpaired) electrons. The van der Waals surface area contributed by atoms with Crippen LogP contribution in [0.25, 0.3) is 0 Å². The van der Waals surface area contributed by atoms with Gasteiger partial charge in [0.25, 0.3) is 0 Å². The fourth-order valence-corrected chi connectivity index (χ4v) is 6.21. The first-order valence-electron chi connectivity index (χ1n) is 16.0. The summed E-state index contributed by atoms with van der Waals surface area (Å²) in [5.74, 6) is 1.99. The van der Waals surface area contributed by atoms with E-state index >= 15 is 0 Å². The molecule has 0 aromatic heterocycles. The minimum absolute atomic E-state index is 0.0618. The topological polar surface area (TPSA) is 24.9 Å². The monoisotopic (exact) mass is 588 g/mol. The second kappa shape index (κ2) is 11.3. The Balaban J connectivity index is 1.16. The van der Waals surface area contributed by atoms with Gasteiger partial charge in [-0.15, -0.1) is 0 Å². The third kappa shape index (κ3) is 6.23. The summed E-state index contributed by atoms with van der Waals surface area (Å²) in [7, 11) is 0. The molecule has 44 heavy (non-hydrogen) atoms. The van der Waals surface area contributed by atoms with Gasteiger partial charge in [0, 0.05) is 40.9 Å². The number of hydrogen-bond donors (Lipinski definition) is 0. The molecule has 0 bridgehead atoms. The Hall–Kier alpha value is -3.76. The predicted octanol–water partition coefficient (Wildman–Crippen LogP) is 9.21. The Kier molecular flexibility index (Phi) is 7.78. The van der Waals surface area contributed by atoms with Gasteiger partial charge in [0.05, 0.1) is 0 Å². The van der Waals surface area contributed by atoms with Crippen LogP contribution in [0, 0.1) is 0 Å². The van der Waals surface area contributed by atoms with E-state index in [1.165, 1.54) is 44.6 Å². The van der Waals surface area contributed by atoms with Gasteiger partial charge >= 0.3 is 0 Å². The Morgan fingerprint density at radius 3 is 1.61 bits per heavy atom. The minimum Gasteiger partial charge on any atom is -0.478 e. The first-order valence-corrected chi connectivity index (χ1v) is 16.0. The Labute approximate surface area is 264 Å². The number of fused-ring (bicyclic) bond motifs is 2. The van der Waals surface area contributed by atoms with Crippen molar-refractivity contribution in [3.63, 3.8) is 0 Å². The summed E-state index contributed by atoms with van der Waals surface area (Å²) in [5, 5.41) is 0. The largest absolute Gasteiger partial charge is 0.478 e. The number of ether oxygens (including phenoxy) is 2. The molecule has 2 aliphatic heterocycles. The molecule has 0 fully saturated rings. The van der Waals surface area contributed by atoms with Crippen LogP contribution in [0.4, 0.5) is 5.69 Å². The lowest BCUT2D eigenvalue weighted by Gasteiger charge is -2.39. The van der Waals surface area contributed by atoms with E-state index in [9.17, 15) is 0 Å². The van der Waals surface area contributed by atoms with Crippen LogP contribution >= 0.6 is 0 Å². The van der Waals surface area contributed by atoms with Crippen molar-refractivity contribution in [3.8, 4) is 11.5 Å². The van der Waals surface area contributed by atoms with Crippen LogP contribution in [-0.4, -0.2) is 23.9 Å². The number of rotatable bonds is 5. The first-order chi connectivity index (χ1) is 20.8. The van der Waals surface area contributed by atoms with Crippen LogP contribution in [0.2, 0.25) is 0 Å². The van der Waals surface area contributed by atoms with Gasteiger partial charge in [-0.3, -0.25) is 4.90 Å². The maximum Gasteiger partial charge on any atom is 0.161 e. The summed E-state index contributed by atoms with van der Waals surface area (Å²) < 4.78 is 12.4. The fourth-order valence-electron chi connectivity index (χ4n) is 6.21. The normalized spacial score (nSPS) is 15.7. The molecule has 0 amide bonds. The van der Waals surface area contributed by atoms with Crippen LogP contribution in [0.1, 0.15) is 94.3 Å². The summed E-state index contributed by atoms with van der Waals surface area (Å²) in [6, 6.07) is 31.5. The van der Waals surface area contributed by atoms with E-state index in [0.717, 1.165) is 31.0 Å². The van der Waals surface area contributed by atoms with E-state index < -0.39 is 0 Å². The summed E-state index contributed by atoms with van der Waals surface area (Å²) in [6.07, 6.45) is 0.936. The quantitative estimate of drug-likeness (QED) is 0.232. The number of hydrogen-bond acceptors (Lipinski definition) is 4. The molecule has 2 aliphatic rings. The maximum atomic E-state index is 6.25. The molecule has 0 saturated carbocycles. The standard InChI is InChI=1S/C40H48N2O2/c1-38(2,3)32-13-9-28(10-14-32)21-29-11-17-35(18-12-29)41-24-30-22-33(15-19-36(30)43-26-41)40(7,8)34-16-20-37-31(23-34)25-42(27-44-37)39(4,5)6/h9-20,22-23H,21,24-27H2,1-8H3. The summed E-state index contributed by atoms with van der Waals surface area (Å²) in [6.45, 7) is 21.1. The molecule has 4 aromatic rings. The molecule has 0 spiro atoms. The van der Waals surface area contributed by atoms with Crippen molar-refractivity contribution >= 4 is 5.69 Å². The molecule has 0 saturated heterocycles. The van der Waals surface area contributed by atoms with Gasteiger partial charge in [-0.05, 0) is 96.8 Å². The number of nitrogens with zero attached hydrogens (tertiary/aromatic N) is 2. The van der Waals surface area contributed by atoms with Gasteiger partial charge in [-0.1, -0.05) is 83.1 Å². The summed E-state index contributed by atoms with van der Waals surface area (Å²) in [4.78, 5) is 4.70. The number of benzene rings is 4. The highest BCUT2D eigenvalue weighted by atomic mass is 16.5. The van der Waals surface area contributed by atoms with Crippen LogP contribution in [0.15, 0.2) is 84.9 Å². The highest BCUT2D eigenvalue weighted by Crippen LogP contribution is 2.39. The van der Waals surface area contributed by atoms with Gasteiger partial charge in [0.15, 0.2) is 6.73 Å². The third-order valence-corrected chi connectivity index (χ3v) is 9.52. The highest BCUT2D eigenvalue weighted by Gasteiger charge is 2.30. The van der Waals surface area contributed by atoms with E-state index in [1.807, 2.05) is 0 Å². The maximum absolute atomic E-state index is 6.25. The molecule has 0 atom stereocenters. The van der Waals surface area contributed by atoms with E-state index in [-0.39, 0.29) is 16.4 Å². The molecule has 2 heterocycles. The average molecular weight is 589 g/mol. The van der Waals surface area contributed by atoms with Crippen LogP contribution in [0.3, 0.4) is 0 Å². The third-order valence-electron chi connectivity index (χ3n) is 9.52. The fraction of sp³-hybridized carbons (Fsp3) is 0.400. The SMILES string of the molecule is CC(C)(C)c1ccc(Cc2ccc(N3COc4ccc(C(C)(C)c5ccc6c(c5)CN(C(C)(C)C)CO6)cc4C3)cc2)cc1. The smallest absolute Gasteiger partial charge is 0.161 e. The van der Waals surface area contributed by atoms with Crippen molar-refractivity contribution in [2.24, 2.45) is 0 Å². The molecule has 4 aromatic carbocycles. The second-order valence-electron chi connectivity index (χ2n) is 15.2. The van der Waals surface area contributed by atoms with Crippen molar-refractivity contribution in [1.29, 1.82) is 0 Å². The predicted molar refractivity (Wildman–Crippen MR) is 182 cm³/mol. The lowest BCUT2D eigenvalue weighted by molar-refractivity contribution is 0.0217. The molecule has 4 nitrogen and oxygen atoms in total. The van der Waals surface area contributed by atoms with E-state index in [2.05, 4.69) is 150 Å². The lowest BCUT2D eigenvalue weighted by Crippen LogP contribution is -2.45. The molecule has 0 unspecified atom stereocenters. The van der Waals surface area contributed by atoms with E-state index in [0.29, 0.717) is 13.5 Å². The zero-order valence-corrected chi connectivity index (χ0v) is 27.8. The Bertz CT molecular complexity index is 1620. The first kappa shape index (κ1) is 30.3. The Morgan fingerprint density at radius 2 is 1.07 bits per heavy atom. The van der Waals surface area contributed by atoms with Crippen LogP contribution in [0.5, 0.6) is 11.5 Å². The van der Waals surface area contributed by atoms with Gasteiger partial charge < -0.3 is 14.4 Å². The van der Waals surface area contributed by atoms with Crippen LogP contribution in [-0.2, 0) is 30.3 Å². The van der Waals surface area contributed by atoms with Crippen molar-refractivity contribution in [2.75, 3.05) is 18.4 Å². The van der Waals surface area contributed by atoms with Crippen molar-refractivity contribution < 1.29 is 9.47 Å². The zero-order chi connectivity index (χ0) is 31.3. The van der Waals surface area contributed by atoms with Gasteiger partial charge in [0.1, 0.15) is 18.2 Å². The summed E-state index contributed by atoms with van der Waals surface area (Å²) in [5.41, 5.74) is 10.4. The summed E-state index contributed by atoms with van der Waals surface area (Å²) >= 11 is 0. The van der Waals surface area contributed by atoms with E-state index in [4.69, 9.17) is 9.47 Å². The van der Waals surface area contributed by atoms with E-state index in [1.54, 1.807) is 0 Å². The highest BCUT2D eigenvalue weighted by molar-refractivity contribution is 5.53. The Morgan fingerprint density at radius 1 is 0.568 bits per heavy atom. The second-order valence-corrected chi connectivity index (χ2v) is 15.2. The van der Waals surface area contributed by atoms with Gasteiger partial charge in [-0.2, -0.15) is 0 Å². The molecular weight excluding hydrogens is 540 g/mol. The lowest BCUT2D eigenvalue weighted by atomic mass is 9.77. The zero-order valence-electron chi connectivity index (χ0n) is 27.8. The van der Waals surface area contributed by atoms with Crippen molar-refractivity contribution in [1.82, 2.24) is 4.90 Å². The molecule has 0 N–H and O–H groups in total. The van der Waals surface area contributed by atoms with Crippen LogP contribution < -0.4 is 14.4 Å². The van der Waals surface area contributed by atoms with Gasteiger partial charge in [-0.25, -0.2) is 0 Å². The minimum atomic E-state index is -0.164. The molecule has 6 rings (SSSR count). The molecular formula is C40H48N2O2. The average Bonchev–Trinajstić information content (AvgIpc) is 2.99. The van der Waals surface area contributed by atoms with Crippen molar-refractivity contribution in [2.45, 2.75) is 91.3 Å². The number of anilines is 1. The molecule has 0 aliphatic carbocycles. The van der Waals surface area contributed by atoms with Gasteiger partial charge in [0.2, 0.25) is 0 Å². The molecule has 230 valence electrons.